The number of amides is 1. The van der Waals surface area contributed by atoms with Crippen LogP contribution in [0.1, 0.15) is 27.2 Å². The summed E-state index contributed by atoms with van der Waals surface area (Å²) >= 11 is 0. The first kappa shape index (κ1) is 19.2. The van der Waals surface area contributed by atoms with E-state index in [9.17, 15) is 4.79 Å². The van der Waals surface area contributed by atoms with Crippen LogP contribution in [-0.4, -0.2) is 70.5 Å². The van der Waals surface area contributed by atoms with Gasteiger partial charge in [0.05, 0.1) is 39.1 Å². The van der Waals surface area contributed by atoms with Crippen molar-refractivity contribution < 1.29 is 23.7 Å². The third-order valence-corrected chi connectivity index (χ3v) is 2.88. The highest BCUT2D eigenvalue weighted by molar-refractivity contribution is 5.67. The Hall–Kier alpha value is -0.890. The summed E-state index contributed by atoms with van der Waals surface area (Å²) in [4.78, 5) is 11.3. The highest BCUT2D eigenvalue weighted by Crippen LogP contribution is 2.06. The molecule has 7 heteroatoms. The van der Waals surface area contributed by atoms with Gasteiger partial charge in [0.25, 0.3) is 0 Å². The number of hydrogen-bond donors (Lipinski definition) is 2. The first-order chi connectivity index (χ1) is 10.5. The molecule has 0 spiro atoms. The van der Waals surface area contributed by atoms with Crippen molar-refractivity contribution >= 4 is 6.09 Å². The van der Waals surface area contributed by atoms with Gasteiger partial charge in [0, 0.05) is 13.1 Å². The summed E-state index contributed by atoms with van der Waals surface area (Å²) in [6.45, 7) is 10.5. The zero-order valence-corrected chi connectivity index (χ0v) is 14.0. The fraction of sp³-hybridized carbons (Fsp3) is 0.933. The molecule has 1 amide bonds. The molecule has 0 aliphatic carbocycles. The Morgan fingerprint density at radius 1 is 1.14 bits per heavy atom. The topological polar surface area (TPSA) is 78.1 Å². The van der Waals surface area contributed by atoms with E-state index in [1.807, 2.05) is 20.8 Å². The first-order valence-electron chi connectivity index (χ1n) is 7.92. The van der Waals surface area contributed by atoms with E-state index in [4.69, 9.17) is 18.9 Å². The van der Waals surface area contributed by atoms with Gasteiger partial charge < -0.3 is 29.6 Å². The maximum atomic E-state index is 11.3. The van der Waals surface area contributed by atoms with Crippen molar-refractivity contribution in [2.45, 2.75) is 38.9 Å². The molecular formula is C15H30N2O5. The number of alkyl carbamates (subject to hydrolysis) is 1. The number of ether oxygens (including phenoxy) is 4. The second kappa shape index (κ2) is 10.8. The van der Waals surface area contributed by atoms with Gasteiger partial charge in [-0.25, -0.2) is 4.79 Å². The molecule has 130 valence electrons. The van der Waals surface area contributed by atoms with Gasteiger partial charge in [-0.2, -0.15) is 0 Å². The van der Waals surface area contributed by atoms with E-state index in [1.165, 1.54) is 0 Å². The normalized spacial score (nSPS) is 18.4. The fourth-order valence-corrected chi connectivity index (χ4v) is 1.91. The van der Waals surface area contributed by atoms with Crippen LogP contribution in [0.5, 0.6) is 0 Å². The van der Waals surface area contributed by atoms with Gasteiger partial charge >= 0.3 is 6.09 Å². The molecule has 1 saturated heterocycles. The monoisotopic (exact) mass is 318 g/mol. The standard InChI is InChI=1S/C15H30N2O5/c1-15(2,3)22-14(18)17-6-7-19-8-9-20-10-11-21-13-4-5-16-12-13/h13,16H,4-12H2,1-3H3,(H,17,18). The molecule has 1 rings (SSSR count). The van der Waals surface area contributed by atoms with E-state index in [-0.39, 0.29) is 0 Å². The minimum atomic E-state index is -0.477. The lowest BCUT2D eigenvalue weighted by atomic mass is 10.2. The molecule has 0 aromatic rings. The van der Waals surface area contributed by atoms with Crippen molar-refractivity contribution in [1.29, 1.82) is 0 Å². The summed E-state index contributed by atoms with van der Waals surface area (Å²) < 4.78 is 21.5. The Morgan fingerprint density at radius 2 is 1.82 bits per heavy atom. The molecular weight excluding hydrogens is 288 g/mol. The lowest BCUT2D eigenvalue weighted by Crippen LogP contribution is -2.34. The van der Waals surface area contributed by atoms with Gasteiger partial charge in [-0.05, 0) is 33.7 Å². The summed E-state index contributed by atoms with van der Waals surface area (Å²) in [5.74, 6) is 0. The zero-order valence-electron chi connectivity index (χ0n) is 14.0. The average Bonchev–Trinajstić information content (AvgIpc) is 2.92. The van der Waals surface area contributed by atoms with E-state index < -0.39 is 11.7 Å². The van der Waals surface area contributed by atoms with Crippen LogP contribution < -0.4 is 10.6 Å². The van der Waals surface area contributed by atoms with Crippen LogP contribution in [0.15, 0.2) is 0 Å². The Bertz CT molecular complexity index is 301. The van der Waals surface area contributed by atoms with Crippen LogP contribution in [0, 0.1) is 0 Å². The minimum absolute atomic E-state index is 0.332. The number of hydrogen-bond acceptors (Lipinski definition) is 6. The molecule has 7 nitrogen and oxygen atoms in total. The molecule has 22 heavy (non-hydrogen) atoms. The van der Waals surface area contributed by atoms with Crippen molar-refractivity contribution in [3.63, 3.8) is 0 Å². The van der Waals surface area contributed by atoms with Crippen molar-refractivity contribution in [2.75, 3.05) is 52.7 Å². The third kappa shape index (κ3) is 10.8. The largest absolute Gasteiger partial charge is 0.444 e. The van der Waals surface area contributed by atoms with Crippen LogP contribution in [0.4, 0.5) is 4.79 Å². The predicted octanol–water partition coefficient (Wildman–Crippen LogP) is 0.923. The van der Waals surface area contributed by atoms with Crippen molar-refractivity contribution in [3.05, 3.63) is 0 Å². The summed E-state index contributed by atoms with van der Waals surface area (Å²) in [6, 6.07) is 0. The van der Waals surface area contributed by atoms with Crippen LogP contribution in [0.2, 0.25) is 0 Å². The summed E-state index contributed by atoms with van der Waals surface area (Å²) in [5.41, 5.74) is -0.477. The third-order valence-electron chi connectivity index (χ3n) is 2.88. The maximum absolute atomic E-state index is 11.3. The SMILES string of the molecule is CC(C)(C)OC(=O)NCCOCCOCCOC1CCNC1. The molecule has 1 heterocycles. The number of nitrogens with one attached hydrogen (secondary N) is 2. The summed E-state index contributed by atoms with van der Waals surface area (Å²) in [7, 11) is 0. The van der Waals surface area contributed by atoms with Crippen LogP contribution in [0.3, 0.4) is 0 Å². The quantitative estimate of drug-likeness (QED) is 0.583. The lowest BCUT2D eigenvalue weighted by molar-refractivity contribution is -0.00558. The fourth-order valence-electron chi connectivity index (χ4n) is 1.91. The molecule has 0 saturated carbocycles. The van der Waals surface area contributed by atoms with Gasteiger partial charge in [0.1, 0.15) is 5.60 Å². The molecule has 1 unspecified atom stereocenters. The van der Waals surface area contributed by atoms with Gasteiger partial charge in [-0.3, -0.25) is 0 Å². The maximum Gasteiger partial charge on any atom is 0.407 e. The van der Waals surface area contributed by atoms with Gasteiger partial charge in [-0.15, -0.1) is 0 Å². The smallest absolute Gasteiger partial charge is 0.407 e. The van der Waals surface area contributed by atoms with E-state index in [1.54, 1.807) is 0 Å². The molecule has 0 bridgehead atoms. The molecule has 0 radical (unpaired) electrons. The van der Waals surface area contributed by atoms with E-state index in [0.717, 1.165) is 19.5 Å². The summed E-state index contributed by atoms with van der Waals surface area (Å²) in [6.07, 6.45) is 0.984. The second-order valence-electron chi connectivity index (χ2n) is 6.14. The Morgan fingerprint density at radius 3 is 2.45 bits per heavy atom. The number of carbonyl (C=O) groups excluding carboxylic acids is 1. The molecule has 1 aliphatic rings. The van der Waals surface area contributed by atoms with Gasteiger partial charge in [0.15, 0.2) is 0 Å². The van der Waals surface area contributed by atoms with Crippen LogP contribution in [-0.2, 0) is 18.9 Å². The van der Waals surface area contributed by atoms with Crippen LogP contribution >= 0.6 is 0 Å². The Labute approximate surface area is 133 Å². The molecule has 2 N–H and O–H groups in total. The van der Waals surface area contributed by atoms with Crippen LogP contribution in [0.25, 0.3) is 0 Å². The van der Waals surface area contributed by atoms with Gasteiger partial charge in [0.2, 0.25) is 0 Å². The first-order valence-corrected chi connectivity index (χ1v) is 7.92. The molecule has 0 aromatic carbocycles. The Kier molecular flexibility index (Phi) is 9.38. The van der Waals surface area contributed by atoms with Gasteiger partial charge in [-0.1, -0.05) is 0 Å². The zero-order chi connectivity index (χ0) is 16.3. The number of rotatable bonds is 10. The van der Waals surface area contributed by atoms with Crippen molar-refractivity contribution in [2.24, 2.45) is 0 Å². The van der Waals surface area contributed by atoms with E-state index in [2.05, 4.69) is 10.6 Å². The molecule has 0 aromatic heterocycles. The minimum Gasteiger partial charge on any atom is -0.444 e. The average molecular weight is 318 g/mol. The highest BCUT2D eigenvalue weighted by Gasteiger charge is 2.15. The number of carbonyl (C=O) groups is 1. The lowest BCUT2D eigenvalue weighted by Gasteiger charge is -2.19. The molecule has 1 atom stereocenters. The molecule has 1 aliphatic heterocycles. The highest BCUT2D eigenvalue weighted by atomic mass is 16.6. The van der Waals surface area contributed by atoms with Crippen molar-refractivity contribution in [3.8, 4) is 0 Å². The second-order valence-corrected chi connectivity index (χ2v) is 6.14. The van der Waals surface area contributed by atoms with Crippen molar-refractivity contribution in [1.82, 2.24) is 10.6 Å². The predicted molar refractivity (Wildman–Crippen MR) is 83.1 cm³/mol. The molecule has 1 fully saturated rings. The summed E-state index contributed by atoms with van der Waals surface area (Å²) in [5, 5.41) is 5.88. The van der Waals surface area contributed by atoms with E-state index in [0.29, 0.717) is 45.7 Å². The Balaban J connectivity index is 1.78. The van der Waals surface area contributed by atoms with E-state index >= 15 is 0 Å².